The molecule has 0 N–H and O–H groups in total. The maximum atomic E-state index is 2.61. The minimum absolute atomic E-state index is 1.15. The Balaban J connectivity index is 1.61. The molecule has 2 nitrogen and oxygen atoms in total. The van der Waals surface area contributed by atoms with Gasteiger partial charge in [-0.05, 0) is 37.7 Å². The van der Waals surface area contributed by atoms with Gasteiger partial charge in [-0.2, -0.15) is 0 Å². The zero-order valence-electron chi connectivity index (χ0n) is 30.6. The Morgan fingerprint density at radius 2 is 0.867 bits per heavy atom. The van der Waals surface area contributed by atoms with Crippen molar-refractivity contribution in [3.8, 4) is 0 Å². The molecule has 2 heteroatoms. The fraction of sp³-hybridized carbons (Fsp3) is 0.791. The highest BCUT2D eigenvalue weighted by Crippen LogP contribution is 2.16. The molecule has 0 saturated carbocycles. The number of hydrogen-bond acceptors (Lipinski definition) is 0. The number of aromatic nitrogens is 2. The highest BCUT2D eigenvalue weighted by molar-refractivity contribution is 5.14. The lowest BCUT2D eigenvalue weighted by molar-refractivity contribution is -0.704. The second-order valence-corrected chi connectivity index (χ2v) is 14.3. The van der Waals surface area contributed by atoms with Gasteiger partial charge >= 0.3 is 0 Å². The van der Waals surface area contributed by atoms with Crippen molar-refractivity contribution in [3.63, 3.8) is 0 Å². The van der Waals surface area contributed by atoms with Crippen molar-refractivity contribution in [3.05, 3.63) is 54.1 Å². The molecule has 0 aliphatic carbocycles. The van der Waals surface area contributed by atoms with Crippen molar-refractivity contribution in [1.82, 2.24) is 4.57 Å². The lowest BCUT2D eigenvalue weighted by Crippen LogP contribution is -2.37. The summed E-state index contributed by atoms with van der Waals surface area (Å²) in [5.41, 5.74) is 1.47. The van der Waals surface area contributed by atoms with Crippen LogP contribution in [0.3, 0.4) is 0 Å². The van der Waals surface area contributed by atoms with Crippen molar-refractivity contribution < 1.29 is 4.57 Å². The first kappa shape index (κ1) is 39.6. The summed E-state index contributed by atoms with van der Waals surface area (Å²) in [6.07, 6.45) is 47.1. The van der Waals surface area contributed by atoms with E-state index in [1.165, 1.54) is 205 Å². The van der Waals surface area contributed by atoms with Gasteiger partial charge in [-0.1, -0.05) is 198 Å². The Kier molecular flexibility index (Phi) is 26.2. The molecule has 0 radical (unpaired) electrons. The van der Waals surface area contributed by atoms with Crippen LogP contribution in [0.5, 0.6) is 0 Å². The van der Waals surface area contributed by atoms with Crippen LogP contribution in [0.25, 0.3) is 0 Å². The first-order valence-corrected chi connectivity index (χ1v) is 20.5. The second kappa shape index (κ2) is 29.8. The van der Waals surface area contributed by atoms with E-state index in [1.54, 1.807) is 5.82 Å². The first-order chi connectivity index (χ1) is 22.3. The van der Waals surface area contributed by atoms with E-state index < -0.39 is 0 Å². The molecule has 0 spiro atoms. The van der Waals surface area contributed by atoms with E-state index in [0.717, 1.165) is 6.54 Å². The van der Waals surface area contributed by atoms with E-state index in [0.29, 0.717) is 0 Å². The van der Waals surface area contributed by atoms with Gasteiger partial charge in [-0.15, -0.1) is 0 Å². The fourth-order valence-electron chi connectivity index (χ4n) is 7.07. The van der Waals surface area contributed by atoms with E-state index in [1.807, 2.05) is 0 Å². The number of benzene rings is 1. The van der Waals surface area contributed by atoms with Crippen LogP contribution in [-0.4, -0.2) is 4.57 Å². The van der Waals surface area contributed by atoms with Crippen LogP contribution in [0.4, 0.5) is 0 Å². The van der Waals surface area contributed by atoms with Gasteiger partial charge in [0.2, 0.25) is 0 Å². The van der Waals surface area contributed by atoms with Gasteiger partial charge in [0, 0.05) is 6.42 Å². The zero-order chi connectivity index (χ0) is 31.9. The molecule has 1 heterocycles. The summed E-state index contributed by atoms with van der Waals surface area (Å²) in [6, 6.07) is 11.0. The summed E-state index contributed by atoms with van der Waals surface area (Å²) >= 11 is 0. The van der Waals surface area contributed by atoms with Crippen molar-refractivity contribution in [2.24, 2.45) is 0 Å². The molecule has 0 atom stereocenters. The van der Waals surface area contributed by atoms with Crippen LogP contribution in [0.1, 0.15) is 205 Å². The first-order valence-electron chi connectivity index (χ1n) is 20.5. The molecule has 2 rings (SSSR count). The van der Waals surface area contributed by atoms with Gasteiger partial charge in [-0.3, -0.25) is 0 Å². The number of hydrogen-bond donors (Lipinski definition) is 0. The largest absolute Gasteiger partial charge is 0.256 e. The third-order valence-corrected chi connectivity index (χ3v) is 10.1. The summed E-state index contributed by atoms with van der Waals surface area (Å²) in [5.74, 6) is 1.58. The zero-order valence-corrected chi connectivity index (χ0v) is 30.6. The maximum Gasteiger partial charge on any atom is 0.256 e. The second-order valence-electron chi connectivity index (χ2n) is 14.3. The smallest absolute Gasteiger partial charge is 0.234 e. The average Bonchev–Trinajstić information content (AvgIpc) is 3.44. The molecular formula is C43H77N2+. The number of aryl methyl sites for hydroxylation is 3. The molecule has 2 aromatic rings. The van der Waals surface area contributed by atoms with E-state index >= 15 is 0 Å². The Bertz CT molecular complexity index is 869. The Hall–Kier alpha value is -1.57. The van der Waals surface area contributed by atoms with E-state index in [9.17, 15) is 0 Å². The van der Waals surface area contributed by atoms with Crippen LogP contribution in [-0.2, 0) is 25.9 Å². The van der Waals surface area contributed by atoms with E-state index in [-0.39, 0.29) is 0 Å². The van der Waals surface area contributed by atoms with Crippen LogP contribution in [0.2, 0.25) is 0 Å². The molecule has 1 aromatic heterocycles. The summed E-state index contributed by atoms with van der Waals surface area (Å²) in [4.78, 5) is 0. The third kappa shape index (κ3) is 21.8. The van der Waals surface area contributed by atoms with Gasteiger partial charge < -0.3 is 0 Å². The molecule has 0 aliphatic heterocycles. The Morgan fingerprint density at radius 1 is 0.444 bits per heavy atom. The van der Waals surface area contributed by atoms with Crippen molar-refractivity contribution in [2.45, 2.75) is 220 Å². The third-order valence-electron chi connectivity index (χ3n) is 10.1. The lowest BCUT2D eigenvalue weighted by atomic mass is 10.0. The summed E-state index contributed by atoms with van der Waals surface area (Å²) in [7, 11) is 0. The molecule has 45 heavy (non-hydrogen) atoms. The standard InChI is InChI=1S/C43H77N2/c1-3-5-7-9-11-13-15-17-18-20-22-24-26-31-37-43-44(40-41-45(43)39-33-36-42-34-29-28-30-35-42)38-32-27-25-23-21-19-16-14-12-10-8-6-4-2/h28-30,34-35,40-41H,3-27,31-33,36-39H2,1-2H3/q+1. The van der Waals surface area contributed by atoms with E-state index in [2.05, 4.69) is 65.7 Å². The van der Waals surface area contributed by atoms with E-state index in [4.69, 9.17) is 0 Å². The Morgan fingerprint density at radius 3 is 1.33 bits per heavy atom. The minimum atomic E-state index is 1.15. The topological polar surface area (TPSA) is 8.81 Å². The summed E-state index contributed by atoms with van der Waals surface area (Å²) < 4.78 is 5.21. The van der Waals surface area contributed by atoms with Gasteiger partial charge in [0.25, 0.3) is 5.82 Å². The minimum Gasteiger partial charge on any atom is -0.234 e. The van der Waals surface area contributed by atoms with Crippen LogP contribution >= 0.6 is 0 Å². The molecule has 0 bridgehead atoms. The van der Waals surface area contributed by atoms with Crippen LogP contribution in [0.15, 0.2) is 42.7 Å². The van der Waals surface area contributed by atoms with Crippen molar-refractivity contribution in [1.29, 1.82) is 0 Å². The number of unbranched alkanes of at least 4 members (excludes halogenated alkanes) is 25. The molecule has 0 fully saturated rings. The average molecular weight is 622 g/mol. The normalized spacial score (nSPS) is 11.5. The molecule has 258 valence electrons. The van der Waals surface area contributed by atoms with Crippen molar-refractivity contribution in [2.75, 3.05) is 0 Å². The maximum absolute atomic E-state index is 2.61. The SMILES string of the molecule is CCCCCCCCCCCCCCCCc1n(CCCCCCCCCCCCCCC)cc[n+]1CCCc1ccccc1. The quantitative estimate of drug-likeness (QED) is 0.0554. The fourth-order valence-corrected chi connectivity index (χ4v) is 7.07. The molecule has 0 aliphatic rings. The van der Waals surface area contributed by atoms with Crippen molar-refractivity contribution >= 4 is 0 Å². The number of nitrogens with zero attached hydrogens (tertiary/aromatic N) is 2. The van der Waals surface area contributed by atoms with Crippen LogP contribution < -0.4 is 4.57 Å². The van der Waals surface area contributed by atoms with Gasteiger partial charge in [0.15, 0.2) is 0 Å². The molecule has 0 amide bonds. The molecule has 0 saturated heterocycles. The Labute approximate surface area is 282 Å². The molecule has 0 unspecified atom stereocenters. The molecule has 1 aromatic carbocycles. The number of imidazole rings is 1. The number of rotatable bonds is 33. The highest BCUT2D eigenvalue weighted by atomic mass is 15.1. The highest BCUT2D eigenvalue weighted by Gasteiger charge is 2.16. The monoisotopic (exact) mass is 622 g/mol. The predicted octanol–water partition coefficient (Wildman–Crippen LogP) is 13.5. The van der Waals surface area contributed by atoms with Gasteiger partial charge in [0.1, 0.15) is 12.4 Å². The predicted molar refractivity (Wildman–Crippen MR) is 199 cm³/mol. The molecular weight excluding hydrogens is 544 g/mol. The van der Waals surface area contributed by atoms with Gasteiger partial charge in [0.05, 0.1) is 13.1 Å². The van der Waals surface area contributed by atoms with Crippen LogP contribution in [0, 0.1) is 0 Å². The lowest BCUT2D eigenvalue weighted by Gasteiger charge is -2.07. The summed E-state index contributed by atoms with van der Waals surface area (Å²) in [5, 5.41) is 0. The summed E-state index contributed by atoms with van der Waals surface area (Å²) in [6.45, 7) is 6.97. The van der Waals surface area contributed by atoms with Gasteiger partial charge in [-0.25, -0.2) is 9.13 Å².